The number of H-pyrrole nitrogens is 2. The van der Waals surface area contributed by atoms with E-state index < -0.39 is 124 Å². The second-order valence-corrected chi connectivity index (χ2v) is 26.4. The summed E-state index contributed by atoms with van der Waals surface area (Å²) >= 11 is 0. The van der Waals surface area contributed by atoms with Crippen molar-refractivity contribution in [3.8, 4) is 0 Å². The summed E-state index contributed by atoms with van der Waals surface area (Å²) in [4.78, 5) is 44.0. The van der Waals surface area contributed by atoms with E-state index in [1.54, 1.807) is 18.9 Å². The highest BCUT2D eigenvalue weighted by molar-refractivity contribution is 5.82. The molecular formula is C57H88N6O13. The number of carboxylic acid groups (broad SMARTS) is 1. The molecule has 7 fully saturated rings. The monoisotopic (exact) mass is 1060 g/mol. The number of rotatable bonds is 16. The molecule has 0 bridgehead atoms. The van der Waals surface area contributed by atoms with E-state index in [4.69, 9.17) is 15.2 Å². The van der Waals surface area contributed by atoms with Gasteiger partial charge in [-0.2, -0.15) is 0 Å². The van der Waals surface area contributed by atoms with Gasteiger partial charge in [-0.25, -0.2) is 9.97 Å². The number of carbonyl (C=O) groups excluding carboxylic acids is 1. The number of ether oxygens (including phenoxy) is 2. The van der Waals surface area contributed by atoms with Crippen LogP contribution < -0.4 is 11.1 Å². The van der Waals surface area contributed by atoms with Crippen LogP contribution in [0, 0.1) is 79.8 Å². The van der Waals surface area contributed by atoms with Gasteiger partial charge in [0.25, 0.3) is 0 Å². The number of aliphatic carboxylic acids is 1. The number of hydrogen-bond donors (Lipinski definition) is 13. The van der Waals surface area contributed by atoms with Gasteiger partial charge >= 0.3 is 5.97 Å². The van der Waals surface area contributed by atoms with Crippen molar-refractivity contribution in [3.63, 3.8) is 0 Å². The maximum absolute atomic E-state index is 14.4. The zero-order chi connectivity index (χ0) is 54.3. The van der Waals surface area contributed by atoms with E-state index in [1.807, 2.05) is 13.1 Å². The molecule has 424 valence electrons. The Hall–Kier alpha value is -3.34. The molecule has 19 heteroatoms. The lowest BCUT2D eigenvalue weighted by Gasteiger charge is -2.77. The quantitative estimate of drug-likeness (QED) is 0.0652. The average Bonchev–Trinajstić information content (AvgIpc) is 4.23. The van der Waals surface area contributed by atoms with Crippen molar-refractivity contribution in [1.82, 2.24) is 25.3 Å². The number of aliphatic hydroxyl groups excluding tert-OH is 8. The number of allylic oxidation sites excluding steroid dienone is 2. The van der Waals surface area contributed by atoms with Crippen LogP contribution in [0.15, 0.2) is 36.7 Å². The van der Waals surface area contributed by atoms with Gasteiger partial charge < -0.3 is 76.5 Å². The third kappa shape index (κ3) is 8.60. The average molecular weight is 1070 g/mol. The molecule has 14 N–H and O–H groups in total. The number of nitrogens with two attached hydrogens (primary N) is 1. The van der Waals surface area contributed by atoms with Crippen molar-refractivity contribution in [2.45, 2.75) is 185 Å². The normalized spacial score (nSPS) is 46.4. The number of carbonyl (C=O) groups is 2. The van der Waals surface area contributed by atoms with Crippen molar-refractivity contribution < 1.29 is 65.0 Å². The Morgan fingerprint density at radius 2 is 1.63 bits per heavy atom. The third-order valence-corrected chi connectivity index (χ3v) is 23.1. The van der Waals surface area contributed by atoms with Crippen LogP contribution >= 0.6 is 0 Å². The maximum atomic E-state index is 14.4. The van der Waals surface area contributed by atoms with E-state index in [0.717, 1.165) is 49.1 Å². The lowest BCUT2D eigenvalue weighted by atomic mass is 9.28. The van der Waals surface area contributed by atoms with Crippen LogP contribution in [0.4, 0.5) is 0 Å². The van der Waals surface area contributed by atoms with Crippen LogP contribution in [0.1, 0.15) is 141 Å². The first-order valence-corrected chi connectivity index (χ1v) is 28.6. The summed E-state index contributed by atoms with van der Waals surface area (Å²) in [7, 11) is 0. The fraction of sp³-hybridized carbons (Fsp3) is 0.825. The van der Waals surface area contributed by atoms with E-state index >= 15 is 0 Å². The van der Waals surface area contributed by atoms with Gasteiger partial charge in [-0.3, -0.25) is 9.59 Å². The number of aromatic amines is 2. The Labute approximate surface area is 446 Å². The number of aromatic nitrogens is 4. The molecule has 0 unspecified atom stereocenters. The minimum Gasteiger partial charge on any atom is -0.481 e. The third-order valence-electron chi connectivity index (χ3n) is 23.1. The van der Waals surface area contributed by atoms with Crippen molar-refractivity contribution in [2.24, 2.45) is 85.6 Å². The lowest BCUT2D eigenvalue weighted by molar-refractivity contribution is -0.351. The van der Waals surface area contributed by atoms with E-state index in [0.29, 0.717) is 57.8 Å². The second kappa shape index (κ2) is 21.0. The number of nitrogens with one attached hydrogen (secondary N) is 3. The second-order valence-electron chi connectivity index (χ2n) is 26.4. The number of aliphatic hydroxyl groups is 8. The Bertz CT molecular complexity index is 2390. The largest absolute Gasteiger partial charge is 0.481 e. The highest BCUT2D eigenvalue weighted by Gasteiger charge is 2.77. The molecule has 5 saturated carbocycles. The molecule has 2 saturated heterocycles. The summed E-state index contributed by atoms with van der Waals surface area (Å²) in [6, 6.07) is -0.609. The maximum Gasteiger partial charge on any atom is 0.310 e. The molecule has 1 amide bonds. The minimum absolute atomic E-state index is 0.00129. The first-order valence-electron chi connectivity index (χ1n) is 28.6. The van der Waals surface area contributed by atoms with Crippen LogP contribution in [0.5, 0.6) is 0 Å². The van der Waals surface area contributed by atoms with E-state index in [1.165, 1.54) is 0 Å². The molecule has 10 rings (SSSR count). The molecule has 0 aromatic carbocycles. The smallest absolute Gasteiger partial charge is 0.310 e. The first kappa shape index (κ1) is 56.0. The Balaban J connectivity index is 1.20. The molecule has 4 heterocycles. The first-order chi connectivity index (χ1) is 36.2. The Morgan fingerprint density at radius 1 is 0.895 bits per heavy atom. The summed E-state index contributed by atoms with van der Waals surface area (Å²) in [5, 5.41) is 107. The number of carboxylic acids is 1. The number of fused-ring (bicyclic) bond motifs is 7. The molecule has 2 aromatic rings. The predicted octanol–water partition coefficient (Wildman–Crippen LogP) is 3.27. The molecule has 19 nitrogen and oxygen atoms in total. The molecule has 2 aliphatic heterocycles. The molecule has 0 radical (unpaired) electrons. The topological polar surface area (TPSA) is 330 Å². The number of amides is 1. The summed E-state index contributed by atoms with van der Waals surface area (Å²) in [6.45, 7) is 7.58. The summed E-state index contributed by atoms with van der Waals surface area (Å²) in [6.07, 6.45) is 9.07. The van der Waals surface area contributed by atoms with E-state index in [2.05, 4.69) is 52.1 Å². The standard InChI is InChI=1S/C57H88N6O13/c1-52(26-65)16-17-56(51(73)74)20-31(18-32-22-59-28-61-32)55(4)36(38(56)21-52)11-12-42-54(55,3)15-14-41-53(2,27-66)48(76-50-47(71)46(70)40(67)25-75-50)45(69)37(57(41,42)30-8-6-5-7-9-30)19-34-35(24-64)49(72)63-44(34)33(10-13-43(58)68)39-23-60-29-62-39/h11,22-23,28-31,33-35,37-38,40-48,50,64-71H,5-10,12-21,24-27,58H2,1-4H3,(H,59,61)(H,60,62)(H,63,72)(H,73,74)/t31-,33+,34+,35+,37+,38-,40+,41+,42-,43-,44+,45+,46-,47+,48+,50-,52-,53-,54+,55+,56-,57-/m0/s1. The van der Waals surface area contributed by atoms with E-state index in [-0.39, 0.29) is 61.6 Å². The molecule has 8 aliphatic rings. The Kier molecular flexibility index (Phi) is 15.4. The van der Waals surface area contributed by atoms with Crippen molar-refractivity contribution in [1.29, 1.82) is 0 Å². The van der Waals surface area contributed by atoms with Gasteiger partial charge in [0.15, 0.2) is 6.29 Å². The lowest BCUT2D eigenvalue weighted by Crippen LogP contribution is -2.75. The van der Waals surface area contributed by atoms with Crippen LogP contribution in [-0.2, 0) is 25.5 Å². The van der Waals surface area contributed by atoms with Gasteiger partial charge in [-0.1, -0.05) is 58.6 Å². The van der Waals surface area contributed by atoms with Crippen LogP contribution in [0.2, 0.25) is 0 Å². The fourth-order valence-corrected chi connectivity index (χ4v) is 19.2. The Morgan fingerprint density at radius 3 is 2.28 bits per heavy atom. The molecular weight excluding hydrogens is 977 g/mol. The van der Waals surface area contributed by atoms with Crippen molar-refractivity contribution in [3.05, 3.63) is 48.1 Å². The molecule has 2 aromatic heterocycles. The minimum atomic E-state index is -1.68. The molecule has 22 atom stereocenters. The van der Waals surface area contributed by atoms with Crippen molar-refractivity contribution in [2.75, 3.05) is 26.4 Å². The predicted molar refractivity (Wildman–Crippen MR) is 276 cm³/mol. The number of imidazole rings is 2. The highest BCUT2D eigenvalue weighted by atomic mass is 16.7. The molecule has 6 aliphatic carbocycles. The van der Waals surface area contributed by atoms with Crippen LogP contribution in [0.25, 0.3) is 0 Å². The van der Waals surface area contributed by atoms with E-state index in [9.17, 15) is 55.5 Å². The summed E-state index contributed by atoms with van der Waals surface area (Å²) in [5.74, 6) is -4.78. The fourth-order valence-electron chi connectivity index (χ4n) is 19.2. The van der Waals surface area contributed by atoms with Gasteiger partial charge in [-0.15, -0.1) is 0 Å². The SMILES string of the molecule is C[C@]1(CO)CC[C@]2(C(=O)O)C[C@H](Cc3cnc[nH]3)[C@]3(C)C(=CC[C@@H]4[C@@]5(C6CCCCC6)[C@H](C[C@H]6[C@@H]([C@H](CC[C@@H](N)O)c7cnc[nH]7)NC(=O)[C@@H]6CO)[C@@H](O)[C@@H](O[C@@H]6OC[C@@H](O)[C@H](O)[C@H]6O)[C@@](C)(CO)[C@H]5CC[C@]43C)[C@@H]2C1. The number of nitrogens with zero attached hydrogens (tertiary/aromatic N) is 2. The van der Waals surface area contributed by atoms with Gasteiger partial charge in [0.05, 0.1) is 56.0 Å². The zero-order valence-electron chi connectivity index (χ0n) is 45.0. The van der Waals surface area contributed by atoms with Gasteiger partial charge in [0, 0.05) is 47.8 Å². The summed E-state index contributed by atoms with van der Waals surface area (Å²) < 4.78 is 12.8. The van der Waals surface area contributed by atoms with Crippen LogP contribution in [0.3, 0.4) is 0 Å². The van der Waals surface area contributed by atoms with Gasteiger partial charge in [0.2, 0.25) is 5.91 Å². The van der Waals surface area contributed by atoms with Crippen molar-refractivity contribution >= 4 is 11.9 Å². The zero-order valence-corrected chi connectivity index (χ0v) is 45.0. The molecule has 76 heavy (non-hydrogen) atoms. The summed E-state index contributed by atoms with van der Waals surface area (Å²) in [5.41, 5.74) is 4.05. The molecule has 0 spiro atoms. The van der Waals surface area contributed by atoms with Gasteiger partial charge in [-0.05, 0) is 147 Å². The van der Waals surface area contributed by atoms with Crippen LogP contribution in [-0.4, -0.2) is 153 Å². The van der Waals surface area contributed by atoms with Gasteiger partial charge in [0.1, 0.15) is 24.5 Å². The highest BCUT2D eigenvalue weighted by Crippen LogP contribution is 2.80. The number of hydrogen-bond acceptors (Lipinski definition) is 15.